The minimum absolute atomic E-state index is 0.0118. The predicted molar refractivity (Wildman–Crippen MR) is 126 cm³/mol. The molecule has 0 bridgehead atoms. The number of ether oxygens (including phenoxy) is 1. The van der Waals surface area contributed by atoms with Crippen molar-refractivity contribution in [1.29, 1.82) is 0 Å². The van der Waals surface area contributed by atoms with Crippen molar-refractivity contribution in [3.63, 3.8) is 0 Å². The fraction of sp³-hybridized carbons (Fsp3) is 0.192. The summed E-state index contributed by atoms with van der Waals surface area (Å²) in [5.41, 5.74) is 1.55. The van der Waals surface area contributed by atoms with Crippen LogP contribution in [0.1, 0.15) is 30.9 Å². The van der Waals surface area contributed by atoms with Crippen LogP contribution in [0, 0.1) is 5.82 Å². The number of hydrogen-bond donors (Lipinski definition) is 0. The fourth-order valence-electron chi connectivity index (χ4n) is 3.79. The highest BCUT2D eigenvalue weighted by molar-refractivity contribution is 7.91. The monoisotopic (exact) mass is 465 g/mol. The molecule has 0 atom stereocenters. The Morgan fingerprint density at radius 1 is 1.00 bits per heavy atom. The Morgan fingerprint density at radius 2 is 1.73 bits per heavy atom. The number of fused-ring (bicyclic) bond motifs is 1. The number of benzene rings is 3. The van der Waals surface area contributed by atoms with Gasteiger partial charge in [0.2, 0.25) is 15.3 Å². The zero-order valence-corrected chi connectivity index (χ0v) is 19.4. The first-order valence-corrected chi connectivity index (χ1v) is 12.0. The first-order chi connectivity index (χ1) is 15.7. The summed E-state index contributed by atoms with van der Waals surface area (Å²) in [6, 6.07) is 17.6. The second-order valence-electron chi connectivity index (χ2n) is 8.19. The van der Waals surface area contributed by atoms with E-state index in [1.165, 1.54) is 30.5 Å². The third-order valence-electron chi connectivity index (χ3n) is 5.64. The molecule has 170 valence electrons. The van der Waals surface area contributed by atoms with Crippen LogP contribution in [0.15, 0.2) is 87.5 Å². The van der Waals surface area contributed by atoms with Crippen molar-refractivity contribution in [2.45, 2.75) is 36.1 Å². The zero-order chi connectivity index (χ0) is 23.8. The average molecular weight is 466 g/mol. The van der Waals surface area contributed by atoms with Crippen LogP contribution in [-0.2, 0) is 16.4 Å². The third-order valence-corrected chi connectivity index (χ3v) is 7.41. The van der Waals surface area contributed by atoms with Crippen molar-refractivity contribution in [2.24, 2.45) is 0 Å². The molecule has 1 aromatic heterocycles. The van der Waals surface area contributed by atoms with Gasteiger partial charge in [0.25, 0.3) is 0 Å². The molecule has 0 aliphatic carbocycles. The summed E-state index contributed by atoms with van der Waals surface area (Å²) in [4.78, 5) is 12.8. The van der Waals surface area contributed by atoms with Crippen molar-refractivity contribution in [1.82, 2.24) is 4.57 Å². The molecule has 0 aliphatic rings. The van der Waals surface area contributed by atoms with Gasteiger partial charge < -0.3 is 9.30 Å². The molecule has 0 amide bonds. The van der Waals surface area contributed by atoms with Crippen LogP contribution in [-0.4, -0.2) is 20.1 Å². The first-order valence-electron chi connectivity index (χ1n) is 10.5. The molecule has 0 spiro atoms. The number of rotatable bonds is 6. The van der Waals surface area contributed by atoms with Crippen molar-refractivity contribution < 1.29 is 17.5 Å². The quantitative estimate of drug-likeness (QED) is 0.395. The first kappa shape index (κ1) is 22.7. The Kier molecular flexibility index (Phi) is 6.08. The van der Waals surface area contributed by atoms with E-state index in [9.17, 15) is 17.6 Å². The molecule has 0 radical (unpaired) electrons. The highest BCUT2D eigenvalue weighted by atomic mass is 32.2. The predicted octanol–water partition coefficient (Wildman–Crippen LogP) is 5.15. The lowest BCUT2D eigenvalue weighted by Crippen LogP contribution is -2.20. The van der Waals surface area contributed by atoms with Gasteiger partial charge in [-0.1, -0.05) is 38.1 Å². The molecule has 0 aliphatic heterocycles. The lowest BCUT2D eigenvalue weighted by Gasteiger charge is -2.15. The molecule has 7 heteroatoms. The molecule has 1 heterocycles. The summed E-state index contributed by atoms with van der Waals surface area (Å²) in [5.74, 6) is 0.288. The summed E-state index contributed by atoms with van der Waals surface area (Å²) in [6.07, 6.45) is 1.34. The van der Waals surface area contributed by atoms with Gasteiger partial charge in [0.15, 0.2) is 0 Å². The molecule has 4 aromatic rings. The fourth-order valence-corrected chi connectivity index (χ4v) is 5.16. The maximum absolute atomic E-state index is 14.0. The average Bonchev–Trinajstić information content (AvgIpc) is 2.81. The van der Waals surface area contributed by atoms with E-state index >= 15 is 0 Å². The second-order valence-corrected chi connectivity index (χ2v) is 10.1. The van der Waals surface area contributed by atoms with E-state index in [-0.39, 0.29) is 27.6 Å². The normalized spacial score (nSPS) is 11.8. The van der Waals surface area contributed by atoms with Crippen LogP contribution in [0.3, 0.4) is 0 Å². The van der Waals surface area contributed by atoms with Crippen LogP contribution in [0.4, 0.5) is 4.39 Å². The summed E-state index contributed by atoms with van der Waals surface area (Å²) in [5, 5.41) is 0.0118. The van der Waals surface area contributed by atoms with Crippen molar-refractivity contribution in [2.75, 3.05) is 7.11 Å². The van der Waals surface area contributed by atoms with E-state index in [1.807, 2.05) is 32.0 Å². The van der Waals surface area contributed by atoms with Crippen LogP contribution < -0.4 is 10.2 Å². The van der Waals surface area contributed by atoms with Crippen molar-refractivity contribution >= 4 is 20.7 Å². The van der Waals surface area contributed by atoms with E-state index in [2.05, 4.69) is 0 Å². The van der Waals surface area contributed by atoms with Crippen molar-refractivity contribution in [3.05, 3.63) is 100 Å². The Labute approximate surface area is 192 Å². The third kappa shape index (κ3) is 4.41. The van der Waals surface area contributed by atoms with Gasteiger partial charge in [-0.3, -0.25) is 4.79 Å². The molecule has 3 aromatic carbocycles. The van der Waals surface area contributed by atoms with E-state index in [4.69, 9.17) is 4.74 Å². The number of aromatic nitrogens is 1. The van der Waals surface area contributed by atoms with Crippen LogP contribution in [0.5, 0.6) is 5.75 Å². The minimum Gasteiger partial charge on any atom is -0.497 e. The Hall–Kier alpha value is -3.45. The standard InChI is InChI=1S/C26H24FNO4S/c1-17(2)19-7-10-22(11-8-19)33(30,31)25-16-28(15-18-5-4-6-21(13-18)32-3)24-12-9-20(27)14-23(24)26(25)29/h4-14,16-17H,15H2,1-3H3. The number of nitrogens with zero attached hydrogens (tertiary/aromatic N) is 1. The number of halogens is 1. The topological polar surface area (TPSA) is 65.4 Å². The second kappa shape index (κ2) is 8.83. The minimum atomic E-state index is -4.12. The van der Waals surface area contributed by atoms with E-state index in [0.29, 0.717) is 11.3 Å². The molecule has 0 N–H and O–H groups in total. The zero-order valence-electron chi connectivity index (χ0n) is 18.6. The van der Waals surface area contributed by atoms with Gasteiger partial charge >= 0.3 is 0 Å². The SMILES string of the molecule is COc1cccc(Cn2cc(S(=O)(=O)c3ccc(C(C)C)cc3)c(=O)c3cc(F)ccc32)c1. The Balaban J connectivity index is 1.91. The molecule has 0 saturated heterocycles. The Bertz CT molecular complexity index is 1490. The Morgan fingerprint density at radius 3 is 2.39 bits per heavy atom. The number of hydrogen-bond acceptors (Lipinski definition) is 4. The number of sulfone groups is 1. The molecule has 5 nitrogen and oxygen atoms in total. The summed E-state index contributed by atoms with van der Waals surface area (Å²) < 4.78 is 47.8. The maximum Gasteiger partial charge on any atom is 0.211 e. The number of methoxy groups -OCH3 is 1. The smallest absolute Gasteiger partial charge is 0.211 e. The molecule has 33 heavy (non-hydrogen) atoms. The summed E-state index contributed by atoms with van der Waals surface area (Å²) in [6.45, 7) is 4.30. The van der Waals surface area contributed by atoms with Gasteiger partial charge in [0.1, 0.15) is 16.5 Å². The molecular formula is C26H24FNO4S. The van der Waals surface area contributed by atoms with E-state index < -0.39 is 21.1 Å². The van der Waals surface area contributed by atoms with Crippen LogP contribution in [0.2, 0.25) is 0 Å². The van der Waals surface area contributed by atoms with Gasteiger partial charge in [0, 0.05) is 18.1 Å². The maximum atomic E-state index is 14.0. The molecule has 0 unspecified atom stereocenters. The van der Waals surface area contributed by atoms with E-state index in [1.54, 1.807) is 29.9 Å². The van der Waals surface area contributed by atoms with Gasteiger partial charge in [0.05, 0.1) is 17.5 Å². The summed E-state index contributed by atoms with van der Waals surface area (Å²) >= 11 is 0. The van der Waals surface area contributed by atoms with Crippen LogP contribution in [0.25, 0.3) is 10.9 Å². The lowest BCUT2D eigenvalue weighted by molar-refractivity contribution is 0.414. The molecular weight excluding hydrogens is 441 g/mol. The number of pyridine rings is 1. The van der Waals surface area contributed by atoms with Gasteiger partial charge in [-0.05, 0) is 59.5 Å². The largest absolute Gasteiger partial charge is 0.497 e. The van der Waals surface area contributed by atoms with Gasteiger partial charge in [-0.2, -0.15) is 0 Å². The van der Waals surface area contributed by atoms with Gasteiger partial charge in [-0.15, -0.1) is 0 Å². The molecule has 0 saturated carbocycles. The van der Waals surface area contributed by atoms with E-state index in [0.717, 1.165) is 17.2 Å². The highest BCUT2D eigenvalue weighted by Gasteiger charge is 2.24. The molecule has 4 rings (SSSR count). The highest BCUT2D eigenvalue weighted by Crippen LogP contribution is 2.25. The van der Waals surface area contributed by atoms with Gasteiger partial charge in [-0.25, -0.2) is 12.8 Å². The van der Waals surface area contributed by atoms with Crippen molar-refractivity contribution in [3.8, 4) is 5.75 Å². The lowest BCUT2D eigenvalue weighted by atomic mass is 10.0. The van der Waals surface area contributed by atoms with Crippen LogP contribution >= 0.6 is 0 Å². The summed E-state index contributed by atoms with van der Waals surface area (Å²) in [7, 11) is -2.56. The molecule has 0 fully saturated rings.